The normalized spacial score (nSPS) is 12.2. The van der Waals surface area contributed by atoms with Crippen molar-refractivity contribution in [3.63, 3.8) is 0 Å². The molecule has 1 heterocycles. The Balaban J connectivity index is 1.73. The van der Waals surface area contributed by atoms with Crippen LogP contribution < -0.4 is 15.5 Å². The number of fused-ring (bicyclic) bond motifs is 2. The van der Waals surface area contributed by atoms with Gasteiger partial charge in [0, 0.05) is 16.3 Å². The highest BCUT2D eigenvalue weighted by Gasteiger charge is 2.27. The molecule has 9 heteroatoms. The van der Waals surface area contributed by atoms with E-state index in [-0.39, 0.29) is 21.3 Å². The van der Waals surface area contributed by atoms with Crippen LogP contribution in [0.5, 0.6) is 0 Å². The second-order valence-corrected chi connectivity index (χ2v) is 10.1. The number of rotatable bonds is 5. The summed E-state index contributed by atoms with van der Waals surface area (Å²) in [5.74, 6) is -1.53. The molecule has 3 aromatic carbocycles. The Hall–Kier alpha value is -3.56. The average Bonchev–Trinajstić information content (AvgIpc) is 2.79. The van der Waals surface area contributed by atoms with Crippen molar-refractivity contribution in [2.24, 2.45) is 0 Å². The van der Waals surface area contributed by atoms with Crippen LogP contribution in [0.25, 0.3) is 21.8 Å². The molecular weight excluding hydrogens is 445 g/mol. The molecule has 0 saturated carbocycles. The Kier molecular flexibility index (Phi) is 5.55. The number of carbonyl (C=O) groups excluding carboxylic acids is 1. The number of nitrogens with one attached hydrogen (secondary N) is 3. The van der Waals surface area contributed by atoms with Crippen molar-refractivity contribution in [2.75, 3.05) is 7.05 Å². The van der Waals surface area contributed by atoms with Gasteiger partial charge in [-0.15, -0.1) is 0 Å². The predicted molar refractivity (Wildman–Crippen MR) is 125 cm³/mol. The summed E-state index contributed by atoms with van der Waals surface area (Å²) in [7, 11) is -2.36. The Morgan fingerprint density at radius 1 is 0.970 bits per heavy atom. The first-order valence-corrected chi connectivity index (χ1v) is 11.6. The van der Waals surface area contributed by atoms with Crippen LogP contribution >= 0.6 is 0 Å². The van der Waals surface area contributed by atoms with Gasteiger partial charge < -0.3 is 10.3 Å². The minimum absolute atomic E-state index is 0.0474. The maximum atomic E-state index is 14.9. The van der Waals surface area contributed by atoms with Crippen molar-refractivity contribution in [3.8, 4) is 0 Å². The van der Waals surface area contributed by atoms with Crippen LogP contribution in [-0.4, -0.2) is 26.4 Å². The summed E-state index contributed by atoms with van der Waals surface area (Å²) in [6.45, 7) is 3.37. The summed E-state index contributed by atoms with van der Waals surface area (Å²) in [5.41, 5.74) is -0.142. The van der Waals surface area contributed by atoms with E-state index < -0.39 is 27.3 Å². The topological polar surface area (TPSA) is 108 Å². The molecule has 4 aromatic rings. The molecule has 0 bridgehead atoms. The fraction of sp³-hybridized carbons (Fsp3) is 0.167. The zero-order valence-electron chi connectivity index (χ0n) is 18.2. The van der Waals surface area contributed by atoms with Gasteiger partial charge in [0.2, 0.25) is 10.0 Å². The van der Waals surface area contributed by atoms with Crippen LogP contribution in [0, 0.1) is 5.82 Å². The van der Waals surface area contributed by atoms with Gasteiger partial charge in [0.15, 0.2) is 5.43 Å². The van der Waals surface area contributed by atoms with Crippen molar-refractivity contribution < 1.29 is 17.6 Å². The molecule has 1 amide bonds. The lowest BCUT2D eigenvalue weighted by Gasteiger charge is -2.27. The number of hydrogen-bond donors (Lipinski definition) is 3. The van der Waals surface area contributed by atoms with E-state index in [1.54, 1.807) is 50.2 Å². The van der Waals surface area contributed by atoms with Gasteiger partial charge in [-0.2, -0.15) is 0 Å². The van der Waals surface area contributed by atoms with Gasteiger partial charge in [0.1, 0.15) is 5.82 Å². The van der Waals surface area contributed by atoms with Crippen LogP contribution in [0.2, 0.25) is 0 Å². The first-order chi connectivity index (χ1) is 15.5. The summed E-state index contributed by atoms with van der Waals surface area (Å²) in [5, 5.41) is 3.33. The Labute approximate surface area is 189 Å². The van der Waals surface area contributed by atoms with Crippen LogP contribution in [0.3, 0.4) is 0 Å². The molecule has 0 aliphatic carbocycles. The summed E-state index contributed by atoms with van der Waals surface area (Å²) in [6.07, 6.45) is 0. The Morgan fingerprint density at radius 3 is 2.42 bits per heavy atom. The van der Waals surface area contributed by atoms with Gasteiger partial charge in [-0.1, -0.05) is 24.3 Å². The maximum absolute atomic E-state index is 14.9. The van der Waals surface area contributed by atoms with E-state index in [1.807, 2.05) is 0 Å². The second-order valence-electron chi connectivity index (χ2n) is 8.19. The summed E-state index contributed by atoms with van der Waals surface area (Å²) >= 11 is 0. The number of amides is 1. The van der Waals surface area contributed by atoms with Crippen molar-refractivity contribution in [1.82, 2.24) is 15.0 Å². The molecule has 0 unspecified atom stereocenters. The van der Waals surface area contributed by atoms with Crippen LogP contribution in [-0.2, 0) is 15.6 Å². The molecule has 170 valence electrons. The molecular formula is C24H22FN3O4S. The van der Waals surface area contributed by atoms with Gasteiger partial charge >= 0.3 is 0 Å². The molecule has 3 N–H and O–H groups in total. The quantitative estimate of drug-likeness (QED) is 0.391. The molecule has 0 radical (unpaired) electrons. The number of hydrogen-bond acceptors (Lipinski definition) is 4. The fourth-order valence-electron chi connectivity index (χ4n) is 3.71. The SMILES string of the molecule is CNS(=O)(=O)c1cccc(C(C)(C)NC(=O)c2cc3[nH]c4ccccc4c(=O)c3cc2F)c1. The Bertz CT molecular complexity index is 1580. The van der Waals surface area contributed by atoms with Gasteiger partial charge in [-0.05, 0) is 62.9 Å². The van der Waals surface area contributed by atoms with Gasteiger partial charge in [-0.25, -0.2) is 17.5 Å². The lowest BCUT2D eigenvalue weighted by atomic mass is 9.93. The minimum Gasteiger partial charge on any atom is -0.354 e. The first kappa shape index (κ1) is 22.6. The monoisotopic (exact) mass is 467 g/mol. The Morgan fingerprint density at radius 2 is 1.70 bits per heavy atom. The summed E-state index contributed by atoms with van der Waals surface area (Å²) in [6, 6.07) is 15.4. The molecule has 0 aliphatic heterocycles. The number of aromatic amines is 1. The molecule has 33 heavy (non-hydrogen) atoms. The molecule has 0 atom stereocenters. The molecule has 0 aliphatic rings. The van der Waals surface area contributed by atoms with E-state index in [4.69, 9.17) is 0 Å². The number of aromatic nitrogens is 1. The maximum Gasteiger partial charge on any atom is 0.255 e. The third-order valence-electron chi connectivity index (χ3n) is 5.60. The number of carbonyl (C=O) groups is 1. The van der Waals surface area contributed by atoms with Crippen molar-refractivity contribution >= 4 is 37.7 Å². The molecule has 1 aromatic heterocycles. The number of sulfonamides is 1. The highest BCUT2D eigenvalue weighted by molar-refractivity contribution is 7.89. The average molecular weight is 468 g/mol. The van der Waals surface area contributed by atoms with Crippen LogP contribution in [0.4, 0.5) is 4.39 Å². The third kappa shape index (κ3) is 4.12. The number of pyridine rings is 1. The molecule has 7 nitrogen and oxygen atoms in total. The molecule has 0 spiro atoms. The molecule has 4 rings (SSSR count). The lowest BCUT2D eigenvalue weighted by molar-refractivity contribution is 0.0908. The lowest BCUT2D eigenvalue weighted by Crippen LogP contribution is -2.41. The summed E-state index contributed by atoms with van der Waals surface area (Å²) < 4.78 is 41.4. The van der Waals surface area contributed by atoms with Crippen molar-refractivity contribution in [3.05, 3.63) is 87.8 Å². The van der Waals surface area contributed by atoms with E-state index in [0.717, 1.165) is 6.07 Å². The molecule has 0 fully saturated rings. The minimum atomic E-state index is -3.67. The van der Waals surface area contributed by atoms with E-state index >= 15 is 0 Å². The van der Waals surface area contributed by atoms with Crippen molar-refractivity contribution in [1.29, 1.82) is 0 Å². The number of halogens is 1. The van der Waals surface area contributed by atoms with Gasteiger partial charge in [-0.3, -0.25) is 9.59 Å². The van der Waals surface area contributed by atoms with Crippen molar-refractivity contribution in [2.45, 2.75) is 24.3 Å². The largest absolute Gasteiger partial charge is 0.354 e. The molecule has 0 saturated heterocycles. The second kappa shape index (κ2) is 8.09. The first-order valence-electron chi connectivity index (χ1n) is 10.1. The van der Waals surface area contributed by atoms with E-state index in [0.29, 0.717) is 22.0 Å². The highest BCUT2D eigenvalue weighted by Crippen LogP contribution is 2.25. The van der Waals surface area contributed by atoms with Gasteiger partial charge in [0.05, 0.1) is 21.5 Å². The van der Waals surface area contributed by atoms with Gasteiger partial charge in [0.25, 0.3) is 5.91 Å². The van der Waals surface area contributed by atoms with E-state index in [9.17, 15) is 22.4 Å². The van der Waals surface area contributed by atoms with Crippen LogP contribution in [0.1, 0.15) is 29.8 Å². The fourth-order valence-corrected chi connectivity index (χ4v) is 4.49. The zero-order valence-corrected chi connectivity index (χ0v) is 19.0. The smallest absolute Gasteiger partial charge is 0.255 e. The summed E-state index contributed by atoms with van der Waals surface area (Å²) in [4.78, 5) is 28.9. The number of benzene rings is 3. The zero-order chi connectivity index (χ0) is 24.0. The standard InChI is InChI=1S/C24H22FN3O4S/c1-24(2,14-7-6-8-15(11-14)33(31,32)26-3)28-23(30)17-13-21-18(12-19(17)25)22(29)16-9-4-5-10-20(16)27-21/h4-13,26H,1-3H3,(H,27,29)(H,28,30). The highest BCUT2D eigenvalue weighted by atomic mass is 32.2. The number of H-pyrrole nitrogens is 1. The predicted octanol–water partition coefficient (Wildman–Crippen LogP) is 3.39. The van der Waals surface area contributed by atoms with Crippen LogP contribution in [0.15, 0.2) is 70.4 Å². The third-order valence-corrected chi connectivity index (χ3v) is 7.01. The van der Waals surface area contributed by atoms with E-state index in [1.165, 1.54) is 25.2 Å². The number of para-hydroxylation sites is 1. The van der Waals surface area contributed by atoms with E-state index in [2.05, 4.69) is 15.0 Å².